The molecule has 0 spiro atoms. The molecule has 172 valence electrons. The molecule has 0 aliphatic rings. The Morgan fingerprint density at radius 2 is 1.82 bits per heavy atom. The predicted octanol–water partition coefficient (Wildman–Crippen LogP) is 5.38. The summed E-state index contributed by atoms with van der Waals surface area (Å²) in [7, 11) is 1.62. The molecule has 1 amide bonds. The molecule has 4 rings (SSSR count). The van der Waals surface area contributed by atoms with Gasteiger partial charge in [-0.2, -0.15) is 0 Å². The third kappa shape index (κ3) is 4.97. The van der Waals surface area contributed by atoms with Crippen LogP contribution in [0.25, 0.3) is 10.9 Å². The first-order chi connectivity index (χ1) is 16.3. The number of nitrogens with one attached hydrogen (secondary N) is 1. The number of nitrogens with zero attached hydrogens (tertiary/aromatic N) is 4. The Hall–Kier alpha value is -4.04. The highest BCUT2D eigenvalue weighted by Crippen LogP contribution is 2.28. The molecule has 0 bridgehead atoms. The normalized spacial score (nSPS) is 10.8. The third-order valence-electron chi connectivity index (χ3n) is 5.43. The largest absolute Gasteiger partial charge is 0.375 e. The fraction of sp³-hybridized carbons (Fsp3) is 0.160. The number of carbonyl (C=O) groups excluding carboxylic acids is 1. The number of benzene rings is 3. The van der Waals surface area contributed by atoms with Gasteiger partial charge < -0.3 is 10.2 Å². The van der Waals surface area contributed by atoms with Gasteiger partial charge in [0.15, 0.2) is 0 Å². The molecule has 0 aliphatic heterocycles. The second-order valence-electron chi connectivity index (χ2n) is 7.84. The van der Waals surface area contributed by atoms with Crippen molar-refractivity contribution in [3.63, 3.8) is 0 Å². The number of hydrogen-bond donors (Lipinski definition) is 1. The lowest BCUT2D eigenvalue weighted by atomic mass is 10.1. The zero-order valence-electron chi connectivity index (χ0n) is 18.7. The van der Waals surface area contributed by atoms with Crippen LogP contribution in [0.3, 0.4) is 0 Å². The minimum absolute atomic E-state index is 0.171. The molecule has 4 aromatic rings. The lowest BCUT2D eigenvalue weighted by molar-refractivity contribution is -0.384. The molecule has 0 saturated carbocycles. The minimum Gasteiger partial charge on any atom is -0.375 e. The molecule has 34 heavy (non-hydrogen) atoms. The van der Waals surface area contributed by atoms with Crippen molar-refractivity contribution < 1.29 is 9.72 Å². The van der Waals surface area contributed by atoms with Crippen molar-refractivity contribution in [1.29, 1.82) is 0 Å². The molecule has 0 unspecified atom stereocenters. The lowest BCUT2D eigenvalue weighted by Gasteiger charge is -2.17. The Morgan fingerprint density at radius 1 is 1.09 bits per heavy atom. The Kier molecular flexibility index (Phi) is 6.70. The van der Waals surface area contributed by atoms with E-state index in [4.69, 9.17) is 11.6 Å². The summed E-state index contributed by atoms with van der Waals surface area (Å²) >= 11 is 6.17. The molecular weight excluding hydrogens is 454 g/mol. The summed E-state index contributed by atoms with van der Waals surface area (Å²) in [4.78, 5) is 34.7. The molecule has 9 heteroatoms. The number of aromatic nitrogens is 2. The van der Waals surface area contributed by atoms with E-state index in [1.54, 1.807) is 19.2 Å². The van der Waals surface area contributed by atoms with Gasteiger partial charge in [0.1, 0.15) is 11.5 Å². The summed E-state index contributed by atoms with van der Waals surface area (Å²) in [6, 6.07) is 19.3. The summed E-state index contributed by atoms with van der Waals surface area (Å²) < 4.78 is 0. The maximum atomic E-state index is 13.0. The van der Waals surface area contributed by atoms with Gasteiger partial charge in [-0.05, 0) is 36.8 Å². The van der Waals surface area contributed by atoms with Crippen LogP contribution >= 0.6 is 11.6 Å². The smallest absolute Gasteiger partial charge is 0.293 e. The van der Waals surface area contributed by atoms with Crippen molar-refractivity contribution in [3.8, 4) is 0 Å². The number of rotatable bonds is 7. The van der Waals surface area contributed by atoms with Crippen LogP contribution in [0.1, 0.15) is 27.4 Å². The maximum Gasteiger partial charge on any atom is 0.293 e. The standard InChI is InChI=1S/C25H22ClN5O3/c1-16-19-8-4-6-10-21(19)29-24(28-16)15-30(2)25(32)17-11-12-22(23(13-17)31(33)34)27-14-18-7-3-5-9-20(18)26/h3-13,27H,14-15H2,1-2H3. The highest BCUT2D eigenvalue weighted by atomic mass is 35.5. The van der Waals surface area contributed by atoms with E-state index in [0.29, 0.717) is 23.1 Å². The SMILES string of the molecule is Cc1nc(CN(C)C(=O)c2ccc(NCc3ccccc3Cl)c([N+](=O)[O-])c2)nc2ccccc12. The predicted molar refractivity (Wildman–Crippen MR) is 132 cm³/mol. The second-order valence-corrected chi connectivity index (χ2v) is 8.24. The Bertz CT molecular complexity index is 1390. The summed E-state index contributed by atoms with van der Waals surface area (Å²) in [5.74, 6) is 0.134. The van der Waals surface area contributed by atoms with E-state index < -0.39 is 4.92 Å². The zero-order chi connectivity index (χ0) is 24.2. The molecule has 3 aromatic carbocycles. The molecular formula is C25H22ClN5O3. The number of halogens is 1. The van der Waals surface area contributed by atoms with Gasteiger partial charge in [0.05, 0.1) is 17.0 Å². The number of hydrogen-bond acceptors (Lipinski definition) is 6. The molecule has 0 fully saturated rings. The van der Waals surface area contributed by atoms with Crippen LogP contribution in [-0.4, -0.2) is 32.7 Å². The van der Waals surface area contributed by atoms with E-state index in [2.05, 4.69) is 15.3 Å². The van der Waals surface area contributed by atoms with Gasteiger partial charge >= 0.3 is 0 Å². The summed E-state index contributed by atoms with van der Waals surface area (Å²) in [5, 5.41) is 16.3. The quantitative estimate of drug-likeness (QED) is 0.284. The maximum absolute atomic E-state index is 13.0. The van der Waals surface area contributed by atoms with Crippen molar-refractivity contribution in [3.05, 3.63) is 105 Å². The van der Waals surface area contributed by atoms with E-state index in [1.807, 2.05) is 49.4 Å². The average Bonchev–Trinajstić information content (AvgIpc) is 2.83. The molecule has 8 nitrogen and oxygen atoms in total. The van der Waals surface area contributed by atoms with Crippen LogP contribution in [0.5, 0.6) is 0 Å². The highest BCUT2D eigenvalue weighted by molar-refractivity contribution is 6.31. The second kappa shape index (κ2) is 9.84. The third-order valence-corrected chi connectivity index (χ3v) is 5.80. The van der Waals surface area contributed by atoms with Crippen molar-refractivity contribution in [1.82, 2.24) is 14.9 Å². The van der Waals surface area contributed by atoms with Crippen LogP contribution in [0.4, 0.5) is 11.4 Å². The van der Waals surface area contributed by atoms with Gasteiger partial charge in [-0.15, -0.1) is 0 Å². The fourth-order valence-corrected chi connectivity index (χ4v) is 3.87. The van der Waals surface area contributed by atoms with Crippen LogP contribution in [0.15, 0.2) is 66.7 Å². The van der Waals surface area contributed by atoms with Crippen molar-refractivity contribution in [2.24, 2.45) is 0 Å². The van der Waals surface area contributed by atoms with Gasteiger partial charge in [0, 0.05) is 41.3 Å². The first-order valence-corrected chi connectivity index (χ1v) is 10.9. The number of nitro groups is 1. The Labute approximate surface area is 201 Å². The van der Waals surface area contributed by atoms with Gasteiger partial charge in [-0.1, -0.05) is 48.0 Å². The number of anilines is 1. The topological polar surface area (TPSA) is 101 Å². The van der Waals surface area contributed by atoms with Crippen LogP contribution in [0, 0.1) is 17.0 Å². The Morgan fingerprint density at radius 3 is 2.59 bits per heavy atom. The van der Waals surface area contributed by atoms with Gasteiger partial charge in [0.25, 0.3) is 11.6 Å². The summed E-state index contributed by atoms with van der Waals surface area (Å²) in [6.45, 7) is 2.38. The van der Waals surface area contributed by atoms with Crippen molar-refractivity contribution in [2.75, 3.05) is 12.4 Å². The van der Waals surface area contributed by atoms with Crippen molar-refractivity contribution >= 4 is 39.8 Å². The molecule has 1 N–H and O–H groups in total. The van der Waals surface area contributed by atoms with Crippen LogP contribution in [0.2, 0.25) is 5.02 Å². The molecule has 1 heterocycles. The number of carbonyl (C=O) groups is 1. The number of fused-ring (bicyclic) bond motifs is 1. The number of amides is 1. The highest BCUT2D eigenvalue weighted by Gasteiger charge is 2.20. The van der Waals surface area contributed by atoms with E-state index in [1.165, 1.54) is 17.0 Å². The first-order valence-electron chi connectivity index (χ1n) is 10.6. The average molecular weight is 476 g/mol. The molecule has 0 radical (unpaired) electrons. The van der Waals surface area contributed by atoms with Crippen LogP contribution in [-0.2, 0) is 13.1 Å². The molecule has 1 aromatic heterocycles. The van der Waals surface area contributed by atoms with E-state index in [0.717, 1.165) is 22.2 Å². The van der Waals surface area contributed by atoms with E-state index in [9.17, 15) is 14.9 Å². The lowest BCUT2D eigenvalue weighted by Crippen LogP contribution is -2.27. The summed E-state index contributed by atoms with van der Waals surface area (Å²) in [5.41, 5.74) is 2.75. The van der Waals surface area contributed by atoms with Gasteiger partial charge in [0.2, 0.25) is 0 Å². The van der Waals surface area contributed by atoms with E-state index in [-0.39, 0.29) is 23.7 Å². The fourth-order valence-electron chi connectivity index (χ4n) is 3.67. The zero-order valence-corrected chi connectivity index (χ0v) is 19.4. The minimum atomic E-state index is -0.512. The van der Waals surface area contributed by atoms with E-state index >= 15 is 0 Å². The first kappa shape index (κ1) is 23.1. The Balaban J connectivity index is 1.53. The molecule has 0 saturated heterocycles. The number of para-hydroxylation sites is 1. The summed E-state index contributed by atoms with van der Waals surface area (Å²) in [6.07, 6.45) is 0. The molecule has 0 atom stereocenters. The van der Waals surface area contributed by atoms with Gasteiger partial charge in [-0.3, -0.25) is 14.9 Å². The van der Waals surface area contributed by atoms with Crippen LogP contribution < -0.4 is 5.32 Å². The monoisotopic (exact) mass is 475 g/mol. The van der Waals surface area contributed by atoms with Gasteiger partial charge in [-0.25, -0.2) is 9.97 Å². The molecule has 0 aliphatic carbocycles. The number of aryl methyl sites for hydroxylation is 1. The van der Waals surface area contributed by atoms with Crippen molar-refractivity contribution in [2.45, 2.75) is 20.0 Å². The number of nitro benzene ring substituents is 1.